The Morgan fingerprint density at radius 1 is 1.35 bits per heavy atom. The first-order valence-electron chi connectivity index (χ1n) is 8.70. The summed E-state index contributed by atoms with van der Waals surface area (Å²) >= 11 is 0. The summed E-state index contributed by atoms with van der Waals surface area (Å²) in [6.07, 6.45) is 0.455. The molecule has 146 valence electrons. The van der Waals surface area contributed by atoms with E-state index in [2.05, 4.69) is 15.0 Å². The van der Waals surface area contributed by atoms with Gasteiger partial charge >= 0.3 is 12.1 Å². The molecule has 1 N–H and O–H groups in total. The molecule has 3 atom stereocenters. The minimum atomic E-state index is -5.08. The standard InChI is InChI=1S/C14H21N3O2.C2HF3O2/c1-9-15-14(19-16-9)12-6-11-4-5-17(7-10-2-3-10)8-13(11)18-12;3-2(4,5)1(6)7/h10-13H,2-8H2,1H3;(H,6,7)/t11-,12+,13+;/m0./s1. The maximum Gasteiger partial charge on any atom is 0.490 e. The maximum absolute atomic E-state index is 10.6. The molecule has 3 aliphatic rings. The van der Waals surface area contributed by atoms with E-state index in [-0.39, 0.29) is 6.10 Å². The Balaban J connectivity index is 0.000000242. The summed E-state index contributed by atoms with van der Waals surface area (Å²) in [5.74, 6) is 0.247. The molecule has 0 bridgehead atoms. The molecule has 1 saturated carbocycles. The Labute approximate surface area is 148 Å². The quantitative estimate of drug-likeness (QED) is 0.866. The highest BCUT2D eigenvalue weighted by Gasteiger charge is 2.42. The average Bonchev–Trinajstić information content (AvgIpc) is 3.09. The highest BCUT2D eigenvalue weighted by molar-refractivity contribution is 5.73. The average molecular weight is 377 g/mol. The number of halogens is 3. The third kappa shape index (κ3) is 4.94. The molecule has 1 aliphatic carbocycles. The summed E-state index contributed by atoms with van der Waals surface area (Å²) in [5, 5.41) is 11.0. The van der Waals surface area contributed by atoms with Gasteiger partial charge < -0.3 is 19.3 Å². The molecular formula is C16H22F3N3O4. The van der Waals surface area contributed by atoms with Crippen LogP contribution in [0.1, 0.15) is 43.5 Å². The first-order chi connectivity index (χ1) is 12.2. The predicted molar refractivity (Wildman–Crippen MR) is 82.2 cm³/mol. The lowest BCUT2D eigenvalue weighted by Crippen LogP contribution is -2.43. The molecule has 1 aromatic heterocycles. The van der Waals surface area contributed by atoms with Crippen molar-refractivity contribution < 1.29 is 32.3 Å². The first kappa shape index (κ1) is 19.1. The van der Waals surface area contributed by atoms with Gasteiger partial charge in [-0.3, -0.25) is 0 Å². The maximum atomic E-state index is 10.6. The molecule has 0 spiro atoms. The van der Waals surface area contributed by atoms with Crippen molar-refractivity contribution in [3.63, 3.8) is 0 Å². The van der Waals surface area contributed by atoms with Crippen LogP contribution < -0.4 is 0 Å². The van der Waals surface area contributed by atoms with Gasteiger partial charge in [0.1, 0.15) is 6.10 Å². The van der Waals surface area contributed by atoms with E-state index in [1.54, 1.807) is 0 Å². The third-order valence-electron chi connectivity index (χ3n) is 4.91. The highest BCUT2D eigenvalue weighted by atomic mass is 19.4. The van der Waals surface area contributed by atoms with Crippen LogP contribution in [0.3, 0.4) is 0 Å². The molecule has 0 radical (unpaired) electrons. The molecule has 1 aromatic rings. The van der Waals surface area contributed by atoms with Crippen molar-refractivity contribution in [2.75, 3.05) is 19.6 Å². The number of alkyl halides is 3. The Morgan fingerprint density at radius 3 is 2.58 bits per heavy atom. The number of aromatic nitrogens is 2. The molecule has 2 saturated heterocycles. The van der Waals surface area contributed by atoms with E-state index >= 15 is 0 Å². The Morgan fingerprint density at radius 2 is 2.04 bits per heavy atom. The zero-order chi connectivity index (χ0) is 18.9. The number of aryl methyl sites for hydroxylation is 1. The summed E-state index contributed by atoms with van der Waals surface area (Å²) < 4.78 is 43.2. The molecule has 10 heteroatoms. The highest BCUT2D eigenvalue weighted by Crippen LogP contribution is 2.41. The van der Waals surface area contributed by atoms with Crippen LogP contribution in [-0.4, -0.2) is 58.0 Å². The van der Waals surface area contributed by atoms with Gasteiger partial charge in [0, 0.05) is 13.1 Å². The summed E-state index contributed by atoms with van der Waals surface area (Å²) in [7, 11) is 0. The van der Waals surface area contributed by atoms with E-state index in [1.165, 1.54) is 32.4 Å². The van der Waals surface area contributed by atoms with Crippen LogP contribution in [0.5, 0.6) is 0 Å². The van der Waals surface area contributed by atoms with Crippen LogP contribution in [0.25, 0.3) is 0 Å². The second kappa shape index (κ2) is 7.51. The number of likely N-dealkylation sites (tertiary alicyclic amines) is 1. The molecule has 0 amide bonds. The van der Waals surface area contributed by atoms with Crippen molar-refractivity contribution >= 4 is 5.97 Å². The number of nitrogens with zero attached hydrogens (tertiary/aromatic N) is 3. The molecule has 7 nitrogen and oxygen atoms in total. The van der Waals surface area contributed by atoms with Crippen molar-refractivity contribution in [2.45, 2.75) is 51.0 Å². The zero-order valence-corrected chi connectivity index (χ0v) is 14.4. The van der Waals surface area contributed by atoms with Crippen LogP contribution in [-0.2, 0) is 9.53 Å². The summed E-state index contributed by atoms with van der Waals surface area (Å²) in [5.41, 5.74) is 0. The first-order valence-corrected chi connectivity index (χ1v) is 8.70. The van der Waals surface area contributed by atoms with E-state index in [9.17, 15) is 13.2 Å². The molecule has 0 aromatic carbocycles. The molecule has 4 rings (SSSR count). The third-order valence-corrected chi connectivity index (χ3v) is 4.91. The number of carboxylic acids is 1. The minimum absolute atomic E-state index is 0.0251. The summed E-state index contributed by atoms with van der Waals surface area (Å²) in [6.45, 7) is 5.45. The summed E-state index contributed by atoms with van der Waals surface area (Å²) in [6, 6.07) is 0. The van der Waals surface area contributed by atoms with Gasteiger partial charge in [0.05, 0.1) is 6.10 Å². The number of rotatable bonds is 3. The smallest absolute Gasteiger partial charge is 0.475 e. The second-order valence-electron chi connectivity index (χ2n) is 7.13. The van der Waals surface area contributed by atoms with E-state index < -0.39 is 12.1 Å². The van der Waals surface area contributed by atoms with Gasteiger partial charge in [-0.15, -0.1) is 0 Å². The number of ether oxygens (including phenoxy) is 1. The topological polar surface area (TPSA) is 88.7 Å². The van der Waals surface area contributed by atoms with E-state index in [4.69, 9.17) is 19.2 Å². The van der Waals surface area contributed by atoms with Crippen molar-refractivity contribution in [1.29, 1.82) is 0 Å². The lowest BCUT2D eigenvalue weighted by molar-refractivity contribution is -0.192. The molecular weight excluding hydrogens is 355 g/mol. The van der Waals surface area contributed by atoms with Gasteiger partial charge in [-0.1, -0.05) is 5.16 Å². The van der Waals surface area contributed by atoms with Crippen molar-refractivity contribution in [2.24, 2.45) is 11.8 Å². The molecule has 3 heterocycles. The molecule has 2 aliphatic heterocycles. The van der Waals surface area contributed by atoms with Gasteiger partial charge in [-0.2, -0.15) is 18.2 Å². The van der Waals surface area contributed by atoms with Gasteiger partial charge in [-0.05, 0) is 51.0 Å². The number of fused-ring (bicyclic) bond motifs is 1. The van der Waals surface area contributed by atoms with Crippen LogP contribution in [0.4, 0.5) is 13.2 Å². The Kier molecular flexibility index (Phi) is 5.52. The van der Waals surface area contributed by atoms with Crippen LogP contribution in [0.2, 0.25) is 0 Å². The number of carboxylic acid groups (broad SMARTS) is 1. The Hall–Kier alpha value is -1.68. The number of carbonyl (C=O) groups is 1. The van der Waals surface area contributed by atoms with E-state index in [0.717, 1.165) is 18.9 Å². The molecule has 3 fully saturated rings. The fourth-order valence-electron chi connectivity index (χ4n) is 3.43. The largest absolute Gasteiger partial charge is 0.490 e. The van der Waals surface area contributed by atoms with E-state index in [1.807, 2.05) is 6.92 Å². The fraction of sp³-hybridized carbons (Fsp3) is 0.812. The van der Waals surface area contributed by atoms with Crippen LogP contribution in [0, 0.1) is 18.8 Å². The van der Waals surface area contributed by atoms with E-state index in [0.29, 0.717) is 23.7 Å². The van der Waals surface area contributed by atoms with Gasteiger partial charge in [0.15, 0.2) is 5.82 Å². The van der Waals surface area contributed by atoms with Gasteiger partial charge in [0.2, 0.25) is 0 Å². The monoisotopic (exact) mass is 377 g/mol. The van der Waals surface area contributed by atoms with Gasteiger partial charge in [0.25, 0.3) is 5.89 Å². The van der Waals surface area contributed by atoms with Crippen molar-refractivity contribution in [3.8, 4) is 0 Å². The zero-order valence-electron chi connectivity index (χ0n) is 14.4. The van der Waals surface area contributed by atoms with Gasteiger partial charge in [-0.25, -0.2) is 4.79 Å². The SMILES string of the molecule is Cc1noc([C@H]2C[C@@H]3CCN(CC4CC4)C[C@H]3O2)n1.O=C(O)C(F)(F)F. The lowest BCUT2D eigenvalue weighted by Gasteiger charge is -2.34. The van der Waals surface area contributed by atoms with Crippen LogP contribution in [0.15, 0.2) is 4.52 Å². The van der Waals surface area contributed by atoms with Crippen molar-refractivity contribution in [1.82, 2.24) is 15.0 Å². The summed E-state index contributed by atoms with van der Waals surface area (Å²) in [4.78, 5) is 15.8. The normalized spacial score (nSPS) is 29.0. The van der Waals surface area contributed by atoms with Crippen LogP contribution >= 0.6 is 0 Å². The number of hydrogen-bond donors (Lipinski definition) is 1. The lowest BCUT2D eigenvalue weighted by atomic mass is 9.91. The molecule has 0 unspecified atom stereocenters. The minimum Gasteiger partial charge on any atom is -0.475 e. The molecule has 26 heavy (non-hydrogen) atoms. The number of piperidine rings is 1. The fourth-order valence-corrected chi connectivity index (χ4v) is 3.43. The Bertz CT molecular complexity index is 633. The number of hydrogen-bond acceptors (Lipinski definition) is 6. The number of aliphatic carboxylic acids is 1. The predicted octanol–water partition coefficient (Wildman–Crippen LogP) is 2.57. The second-order valence-corrected chi connectivity index (χ2v) is 7.13. The van der Waals surface area contributed by atoms with Crippen molar-refractivity contribution in [3.05, 3.63) is 11.7 Å².